The topological polar surface area (TPSA) is 0 Å². The molecule has 0 heterocycles. The highest BCUT2D eigenvalue weighted by atomic mass is 14.2. The summed E-state index contributed by atoms with van der Waals surface area (Å²) in [5, 5.41) is 0. The molecular formula is C16H24. The third-order valence-electron chi connectivity index (χ3n) is 3.20. The van der Waals surface area contributed by atoms with Gasteiger partial charge in [0.05, 0.1) is 0 Å². The molecule has 0 aliphatic carbocycles. The summed E-state index contributed by atoms with van der Waals surface area (Å²) in [6.07, 6.45) is 8.48. The van der Waals surface area contributed by atoms with Gasteiger partial charge in [0, 0.05) is 0 Å². The van der Waals surface area contributed by atoms with Crippen molar-refractivity contribution in [1.29, 1.82) is 0 Å². The minimum absolute atomic E-state index is 0.721. The van der Waals surface area contributed by atoms with Crippen LogP contribution >= 0.6 is 0 Å². The molecule has 1 unspecified atom stereocenters. The van der Waals surface area contributed by atoms with Crippen molar-refractivity contribution in [2.24, 2.45) is 0 Å². The molecule has 1 atom stereocenters. The lowest BCUT2D eigenvalue weighted by Gasteiger charge is -2.18. The van der Waals surface area contributed by atoms with Gasteiger partial charge in [-0.3, -0.25) is 0 Å². The molecule has 0 saturated heterocycles. The summed E-state index contributed by atoms with van der Waals surface area (Å²) >= 11 is 0. The number of unbranched alkanes of at least 4 members (excludes halogenated alkanes) is 1. The summed E-state index contributed by atoms with van der Waals surface area (Å²) in [6.45, 7) is 8.45. The molecule has 0 aromatic heterocycles. The zero-order valence-electron chi connectivity index (χ0n) is 10.7. The van der Waals surface area contributed by atoms with Gasteiger partial charge < -0.3 is 0 Å². The van der Waals surface area contributed by atoms with E-state index in [1.807, 2.05) is 6.08 Å². The second-order valence-corrected chi connectivity index (χ2v) is 4.46. The molecule has 0 heteroatoms. The van der Waals surface area contributed by atoms with Gasteiger partial charge in [-0.15, -0.1) is 0 Å². The third kappa shape index (κ3) is 3.52. The number of hydrogen-bond acceptors (Lipinski definition) is 0. The van der Waals surface area contributed by atoms with Crippen molar-refractivity contribution in [3.8, 4) is 0 Å². The van der Waals surface area contributed by atoms with Crippen LogP contribution in [0.4, 0.5) is 0 Å². The van der Waals surface area contributed by atoms with Crippen molar-refractivity contribution in [2.45, 2.75) is 51.9 Å². The Morgan fingerprint density at radius 1 is 1.12 bits per heavy atom. The lowest BCUT2D eigenvalue weighted by Crippen LogP contribution is -2.01. The summed E-state index contributed by atoms with van der Waals surface area (Å²) in [7, 11) is 0. The molecule has 1 aromatic rings. The van der Waals surface area contributed by atoms with E-state index in [1.54, 1.807) is 0 Å². The van der Waals surface area contributed by atoms with E-state index >= 15 is 0 Å². The van der Waals surface area contributed by atoms with Gasteiger partial charge in [0.15, 0.2) is 0 Å². The Morgan fingerprint density at radius 3 is 2.50 bits per heavy atom. The maximum atomic E-state index is 3.91. The molecule has 0 saturated carbocycles. The first-order chi connectivity index (χ1) is 7.83. The van der Waals surface area contributed by atoms with Crippen LogP contribution in [0, 0.1) is 0 Å². The highest BCUT2D eigenvalue weighted by molar-refractivity contribution is 5.52. The fourth-order valence-electron chi connectivity index (χ4n) is 2.32. The van der Waals surface area contributed by atoms with E-state index in [1.165, 1.54) is 43.2 Å². The summed E-state index contributed by atoms with van der Waals surface area (Å²) in [4.78, 5) is 0. The van der Waals surface area contributed by atoms with Gasteiger partial charge >= 0.3 is 0 Å². The molecule has 0 spiro atoms. The Labute approximate surface area is 100 Å². The standard InChI is InChI=1S/C16H24/c1-4-7-11-15(10-5-2)16-13-9-8-12-14(16)6-3/h6,8-9,12-13,15H,3-5,7,10-11H2,1-2H3. The van der Waals surface area contributed by atoms with Gasteiger partial charge in [0.25, 0.3) is 0 Å². The van der Waals surface area contributed by atoms with Crippen molar-refractivity contribution in [1.82, 2.24) is 0 Å². The molecule has 0 fully saturated rings. The van der Waals surface area contributed by atoms with Crippen molar-refractivity contribution in [3.63, 3.8) is 0 Å². The molecule has 0 nitrogen and oxygen atoms in total. The van der Waals surface area contributed by atoms with Gasteiger partial charge in [-0.25, -0.2) is 0 Å². The first-order valence-corrected chi connectivity index (χ1v) is 6.54. The largest absolute Gasteiger partial charge is 0.0985 e. The second-order valence-electron chi connectivity index (χ2n) is 4.46. The Hall–Kier alpha value is -1.04. The zero-order valence-corrected chi connectivity index (χ0v) is 10.7. The smallest absolute Gasteiger partial charge is 0.0156 e. The third-order valence-corrected chi connectivity index (χ3v) is 3.20. The summed E-state index contributed by atoms with van der Waals surface area (Å²) in [5.41, 5.74) is 2.81. The van der Waals surface area contributed by atoms with E-state index in [2.05, 4.69) is 44.7 Å². The van der Waals surface area contributed by atoms with Crippen LogP contribution in [-0.4, -0.2) is 0 Å². The predicted octanol–water partition coefficient (Wildman–Crippen LogP) is 5.40. The minimum atomic E-state index is 0.721. The Morgan fingerprint density at radius 2 is 1.88 bits per heavy atom. The van der Waals surface area contributed by atoms with E-state index in [9.17, 15) is 0 Å². The van der Waals surface area contributed by atoms with E-state index in [0.717, 1.165) is 5.92 Å². The van der Waals surface area contributed by atoms with E-state index in [0.29, 0.717) is 0 Å². The van der Waals surface area contributed by atoms with Gasteiger partial charge in [0.2, 0.25) is 0 Å². The van der Waals surface area contributed by atoms with Crippen molar-refractivity contribution in [2.75, 3.05) is 0 Å². The molecule has 16 heavy (non-hydrogen) atoms. The van der Waals surface area contributed by atoms with Gasteiger partial charge in [-0.2, -0.15) is 0 Å². The zero-order chi connectivity index (χ0) is 11.8. The molecule has 0 aliphatic rings. The lowest BCUT2D eigenvalue weighted by atomic mass is 9.87. The van der Waals surface area contributed by atoms with Crippen LogP contribution in [0.3, 0.4) is 0 Å². The number of rotatable bonds is 7. The molecule has 0 N–H and O–H groups in total. The molecule has 0 aliphatic heterocycles. The Kier molecular flexibility index (Phi) is 5.92. The first kappa shape index (κ1) is 13.0. The van der Waals surface area contributed by atoms with Crippen LogP contribution in [0.5, 0.6) is 0 Å². The first-order valence-electron chi connectivity index (χ1n) is 6.54. The molecule has 88 valence electrons. The highest BCUT2D eigenvalue weighted by Crippen LogP contribution is 2.29. The monoisotopic (exact) mass is 216 g/mol. The summed E-state index contributed by atoms with van der Waals surface area (Å²) in [6, 6.07) is 8.70. The minimum Gasteiger partial charge on any atom is -0.0985 e. The van der Waals surface area contributed by atoms with Gasteiger partial charge in [-0.1, -0.05) is 70.0 Å². The maximum absolute atomic E-state index is 3.91. The highest BCUT2D eigenvalue weighted by Gasteiger charge is 2.12. The molecule has 0 amide bonds. The van der Waals surface area contributed by atoms with Crippen molar-refractivity contribution >= 4 is 6.08 Å². The SMILES string of the molecule is C=Cc1ccccc1C(CCC)CCCC. The van der Waals surface area contributed by atoms with Gasteiger partial charge in [-0.05, 0) is 29.9 Å². The molecule has 0 bridgehead atoms. The normalized spacial score (nSPS) is 12.4. The quantitative estimate of drug-likeness (QED) is 0.572. The predicted molar refractivity (Wildman–Crippen MR) is 73.7 cm³/mol. The van der Waals surface area contributed by atoms with Crippen LogP contribution in [0.2, 0.25) is 0 Å². The van der Waals surface area contributed by atoms with E-state index < -0.39 is 0 Å². The van der Waals surface area contributed by atoms with Crippen LogP contribution in [0.15, 0.2) is 30.8 Å². The molecule has 0 radical (unpaired) electrons. The molecular weight excluding hydrogens is 192 g/mol. The fraction of sp³-hybridized carbons (Fsp3) is 0.500. The van der Waals surface area contributed by atoms with Crippen molar-refractivity contribution < 1.29 is 0 Å². The second kappa shape index (κ2) is 7.27. The number of hydrogen-bond donors (Lipinski definition) is 0. The van der Waals surface area contributed by atoms with Crippen LogP contribution in [-0.2, 0) is 0 Å². The molecule has 1 rings (SSSR count). The summed E-state index contributed by atoms with van der Waals surface area (Å²) in [5.74, 6) is 0.721. The van der Waals surface area contributed by atoms with E-state index in [4.69, 9.17) is 0 Å². The number of benzene rings is 1. The lowest BCUT2D eigenvalue weighted by molar-refractivity contribution is 0.540. The van der Waals surface area contributed by atoms with Gasteiger partial charge in [0.1, 0.15) is 0 Å². The average Bonchev–Trinajstić information content (AvgIpc) is 2.34. The van der Waals surface area contributed by atoms with Crippen LogP contribution in [0.1, 0.15) is 63.0 Å². The molecule has 1 aromatic carbocycles. The Bertz CT molecular complexity index is 312. The van der Waals surface area contributed by atoms with E-state index in [-0.39, 0.29) is 0 Å². The van der Waals surface area contributed by atoms with Crippen LogP contribution < -0.4 is 0 Å². The Balaban J connectivity index is 2.85. The average molecular weight is 216 g/mol. The fourth-order valence-corrected chi connectivity index (χ4v) is 2.32. The van der Waals surface area contributed by atoms with Crippen molar-refractivity contribution in [3.05, 3.63) is 42.0 Å². The summed E-state index contributed by atoms with van der Waals surface area (Å²) < 4.78 is 0. The maximum Gasteiger partial charge on any atom is -0.0156 e. The van der Waals surface area contributed by atoms with Crippen LogP contribution in [0.25, 0.3) is 6.08 Å².